The molecule has 1 aliphatic heterocycles. The van der Waals surface area contributed by atoms with Crippen molar-refractivity contribution in [2.75, 3.05) is 22.9 Å². The Balaban J connectivity index is 0.00000408. The number of carboxylic acids is 1. The van der Waals surface area contributed by atoms with E-state index in [0.29, 0.717) is 0 Å². The third-order valence-electron chi connectivity index (χ3n) is 4.50. The van der Waals surface area contributed by atoms with Gasteiger partial charge in [-0.05, 0) is 17.7 Å². The summed E-state index contributed by atoms with van der Waals surface area (Å²) in [5, 5.41) is 30.2. The number of anilines is 1. The minimum Gasteiger partial charge on any atom is -1.00 e. The van der Waals surface area contributed by atoms with Crippen LogP contribution >= 0.6 is 0 Å². The molecule has 11 nitrogen and oxygen atoms in total. The molecule has 0 amide bonds. The van der Waals surface area contributed by atoms with Gasteiger partial charge in [0.05, 0.1) is 9.07 Å². The van der Waals surface area contributed by atoms with Gasteiger partial charge in [0.2, 0.25) is 0 Å². The Bertz CT molecular complexity index is 1020. The van der Waals surface area contributed by atoms with Gasteiger partial charge in [0.25, 0.3) is 0 Å². The van der Waals surface area contributed by atoms with Crippen LogP contribution in [0.3, 0.4) is 0 Å². The molecule has 0 saturated carbocycles. The predicted octanol–water partition coefficient (Wildman–Crippen LogP) is -4.53. The van der Waals surface area contributed by atoms with Crippen LogP contribution < -0.4 is 35.4 Å². The zero-order valence-electron chi connectivity index (χ0n) is 20.1. The molecular formula is C16H25IN6O5S. The zero-order chi connectivity index (χ0) is 24.7. The number of aliphatic hydroxyl groups excluding tert-OH is 2. The van der Waals surface area contributed by atoms with E-state index in [-0.39, 0.29) is 58.9 Å². The summed E-state index contributed by atoms with van der Waals surface area (Å²) in [7, 11) is -1.60. The highest BCUT2D eigenvalue weighted by Gasteiger charge is 2.47. The lowest BCUT2D eigenvalue weighted by Crippen LogP contribution is -3.00. The molecule has 0 aromatic carbocycles. The molecule has 1 aliphatic rings. The number of carbonyl (C=O) groups is 1. The van der Waals surface area contributed by atoms with Crippen LogP contribution in [0.1, 0.15) is 26.4 Å². The van der Waals surface area contributed by atoms with Gasteiger partial charge in [0, 0.05) is 10.5 Å². The molecule has 2 aromatic heterocycles. The number of hydrogen-bond donors (Lipinski definition) is 5. The monoisotopic (exact) mass is 545 g/mol. The Morgan fingerprint density at radius 3 is 2.90 bits per heavy atom. The molecule has 6 atom stereocenters. The van der Waals surface area contributed by atoms with Crippen molar-refractivity contribution in [2.24, 2.45) is 5.73 Å². The number of nitrogen functional groups attached to an aromatic ring is 1. The van der Waals surface area contributed by atoms with Gasteiger partial charge in [0.1, 0.15) is 53.4 Å². The molecule has 162 valence electrons. The van der Waals surface area contributed by atoms with E-state index in [9.17, 15) is 15.0 Å². The van der Waals surface area contributed by atoms with Crippen LogP contribution in [0.25, 0.3) is 11.2 Å². The number of nitrogens with two attached hydrogens (primary N) is 2. The van der Waals surface area contributed by atoms with E-state index in [4.69, 9.17) is 28.2 Å². The molecule has 0 bridgehead atoms. The lowest BCUT2D eigenvalue weighted by Gasteiger charge is -2.16. The molecule has 13 heteroatoms. The lowest BCUT2D eigenvalue weighted by molar-refractivity contribution is -0.138. The van der Waals surface area contributed by atoms with Gasteiger partial charge in [-0.3, -0.25) is 9.36 Å². The van der Waals surface area contributed by atoms with Crippen LogP contribution in [0.2, 0.25) is 0 Å². The number of hydrogen-bond acceptors (Lipinski definition) is 9. The number of rotatable bonds is 8. The third kappa shape index (κ3) is 5.08. The van der Waals surface area contributed by atoms with Gasteiger partial charge in [-0.15, -0.1) is 0 Å². The minimum absolute atomic E-state index is 0. The van der Waals surface area contributed by atoms with Crippen LogP contribution in [-0.4, -0.2) is 82.4 Å². The van der Waals surface area contributed by atoms with Crippen molar-refractivity contribution >= 4 is 33.8 Å². The first-order chi connectivity index (χ1) is 15.3. The van der Waals surface area contributed by atoms with Crippen LogP contribution in [0.4, 0.5) is 5.82 Å². The molecule has 2 aromatic rings. The van der Waals surface area contributed by atoms with Crippen LogP contribution in [0, 0.1) is 0 Å². The summed E-state index contributed by atoms with van der Waals surface area (Å²) >= 11 is 0. The minimum atomic E-state index is -3.01. The van der Waals surface area contributed by atoms with Gasteiger partial charge in [-0.1, -0.05) is 0 Å². The number of aliphatic hydroxyl groups is 2. The van der Waals surface area contributed by atoms with Gasteiger partial charge in [-0.25, -0.2) is 15.0 Å². The molecule has 1 saturated heterocycles. The molecule has 1 unspecified atom stereocenters. The first-order valence-electron chi connectivity index (χ1n) is 10.9. The molecule has 1 fully saturated rings. The fourth-order valence-electron chi connectivity index (χ4n) is 2.92. The molecule has 7 N–H and O–H groups in total. The smallest absolute Gasteiger partial charge is 0.320 e. The second-order valence-corrected chi connectivity index (χ2v) is 8.26. The van der Waals surface area contributed by atoms with Crippen molar-refractivity contribution in [1.29, 1.82) is 0 Å². The summed E-state index contributed by atoms with van der Waals surface area (Å²) in [6, 6.07) is -1.30. The van der Waals surface area contributed by atoms with Crippen LogP contribution in [0.5, 0.6) is 0 Å². The molecule has 29 heavy (non-hydrogen) atoms. The molecule has 0 aliphatic carbocycles. The quantitative estimate of drug-likeness (QED) is 0.160. The highest BCUT2D eigenvalue weighted by Crippen LogP contribution is 2.32. The second-order valence-electron chi connectivity index (χ2n) is 6.33. The number of aromatic nitrogens is 4. The maximum atomic E-state index is 11.1. The summed E-state index contributed by atoms with van der Waals surface area (Å²) in [6.45, 7) is -3.01. The maximum Gasteiger partial charge on any atom is 0.320 e. The number of carboxylic acid groups (broad SMARTS) is 1. The van der Waals surface area contributed by atoms with Gasteiger partial charge < -0.3 is 55.5 Å². The van der Waals surface area contributed by atoms with Crippen molar-refractivity contribution in [1.82, 2.24) is 19.5 Å². The van der Waals surface area contributed by atoms with Crippen molar-refractivity contribution < 1.29 is 55.7 Å². The maximum absolute atomic E-state index is 11.1. The average molecular weight is 545 g/mol. The Hall–Kier alpha value is -1.26. The normalized spacial score (nSPS) is 29.7. The second kappa shape index (κ2) is 10.2. The SMILES string of the molecule is [2H]C([2H])([2H])C([2H])([2H])[S+](CC[C@H](N)C(=O)O)C[C@H]1O[C@@H](n2cnc3c(N)ncnc32)[C@H](O)[C@@H]1O.[I-]. The fraction of sp³-hybridized carbons (Fsp3) is 0.625. The summed E-state index contributed by atoms with van der Waals surface area (Å²) in [4.78, 5) is 23.0. The molecule has 0 radical (unpaired) electrons. The number of imidazole rings is 1. The van der Waals surface area contributed by atoms with E-state index < -0.39 is 60.0 Å². The highest BCUT2D eigenvalue weighted by atomic mass is 127. The van der Waals surface area contributed by atoms with Crippen LogP contribution in [-0.2, 0) is 20.4 Å². The number of fused-ring (bicyclic) bond motifs is 1. The predicted molar refractivity (Wildman–Crippen MR) is 104 cm³/mol. The summed E-state index contributed by atoms with van der Waals surface area (Å²) in [5.74, 6) is -1.64. The zero-order valence-corrected chi connectivity index (χ0v) is 18.0. The van der Waals surface area contributed by atoms with Gasteiger partial charge in [-0.2, -0.15) is 0 Å². The largest absolute Gasteiger partial charge is 1.00 e. The first-order valence-corrected chi connectivity index (χ1v) is 9.92. The average Bonchev–Trinajstić information content (AvgIpc) is 3.26. The topological polar surface area (TPSA) is 183 Å². The molecular weight excluding hydrogens is 515 g/mol. The molecule has 3 rings (SSSR count). The van der Waals surface area contributed by atoms with E-state index in [2.05, 4.69) is 15.0 Å². The first kappa shape index (κ1) is 17.4. The van der Waals surface area contributed by atoms with E-state index in [1.807, 2.05) is 0 Å². The van der Waals surface area contributed by atoms with Gasteiger partial charge in [0.15, 0.2) is 17.7 Å². The van der Waals surface area contributed by atoms with Crippen molar-refractivity contribution in [2.45, 2.75) is 43.9 Å². The van der Waals surface area contributed by atoms with Crippen molar-refractivity contribution in [3.05, 3.63) is 12.7 Å². The van der Waals surface area contributed by atoms with E-state index >= 15 is 0 Å². The number of nitrogens with zero attached hydrogens (tertiary/aromatic N) is 4. The highest BCUT2D eigenvalue weighted by molar-refractivity contribution is 7.96. The number of aliphatic carboxylic acids is 1. The number of ether oxygens (including phenoxy) is 1. The van der Waals surface area contributed by atoms with E-state index in [0.717, 1.165) is 0 Å². The Labute approximate surface area is 194 Å². The van der Waals surface area contributed by atoms with Crippen molar-refractivity contribution in [3.63, 3.8) is 0 Å². The van der Waals surface area contributed by atoms with Gasteiger partial charge >= 0.3 is 5.97 Å². The summed E-state index contributed by atoms with van der Waals surface area (Å²) < 4.78 is 46.3. The Kier molecular flexibility index (Phi) is 6.11. The Morgan fingerprint density at radius 2 is 2.21 bits per heavy atom. The third-order valence-corrected chi connectivity index (χ3v) is 6.25. The molecule has 0 spiro atoms. The lowest BCUT2D eigenvalue weighted by atomic mass is 10.1. The van der Waals surface area contributed by atoms with E-state index in [1.165, 1.54) is 17.2 Å². The summed E-state index contributed by atoms with van der Waals surface area (Å²) in [6.07, 6.45) is -2.94. The fourth-order valence-corrected chi connectivity index (χ4v) is 4.48. The van der Waals surface area contributed by atoms with E-state index in [1.54, 1.807) is 0 Å². The number of halogens is 1. The Morgan fingerprint density at radius 1 is 1.45 bits per heavy atom. The van der Waals surface area contributed by atoms with Crippen LogP contribution in [0.15, 0.2) is 12.7 Å². The standard InChI is InChI=1S/C16H24N6O5S.HI/c1-2-28(4-3-8(17)16(25)26)5-9-11(23)12(24)15(27-9)22-7-21-10-13(18)19-6-20-14(10)22;/h6-9,11-12,15,23-24H,2-5,17H2,1H3,(H2-,18,19,20,25,26);1H/t8-,9+,11+,12+,15+,28?;/m0./s1/i1D3,2D2;. The molecule has 3 heterocycles. The van der Waals surface area contributed by atoms with Crippen molar-refractivity contribution in [3.8, 4) is 0 Å². The summed E-state index contributed by atoms with van der Waals surface area (Å²) in [5.41, 5.74) is 9.07.